The van der Waals surface area contributed by atoms with E-state index in [0.717, 1.165) is 72.1 Å². The normalized spacial score (nSPS) is 12.5. The molecule has 0 aliphatic carbocycles. The van der Waals surface area contributed by atoms with Gasteiger partial charge in [0.1, 0.15) is 23.2 Å². The summed E-state index contributed by atoms with van der Waals surface area (Å²) < 4.78 is 14.4. The molecule has 308 valence electrons. The van der Waals surface area contributed by atoms with Gasteiger partial charge >= 0.3 is 0 Å². The maximum absolute atomic E-state index is 11.7. The fourth-order valence-corrected chi connectivity index (χ4v) is 9.81. The van der Waals surface area contributed by atoms with Crippen molar-refractivity contribution in [2.45, 2.75) is 92.9 Å². The minimum Gasteiger partial charge on any atom is -0.507 e. The monoisotopic (exact) mass is 991 g/mol. The van der Waals surface area contributed by atoms with Gasteiger partial charge in [-0.25, -0.2) is 9.97 Å². The van der Waals surface area contributed by atoms with E-state index in [4.69, 9.17) is 23.8 Å². The van der Waals surface area contributed by atoms with Crippen LogP contribution in [0.15, 0.2) is 100 Å². The van der Waals surface area contributed by atoms with Crippen LogP contribution >= 0.6 is 11.3 Å². The van der Waals surface area contributed by atoms with Crippen molar-refractivity contribution in [1.82, 2.24) is 15.0 Å². The third kappa shape index (κ3) is 7.39. The van der Waals surface area contributed by atoms with E-state index in [-0.39, 0.29) is 49.5 Å². The van der Waals surface area contributed by atoms with Gasteiger partial charge in [0.2, 0.25) is 5.89 Å². The molecule has 0 aliphatic heterocycles. The van der Waals surface area contributed by atoms with Gasteiger partial charge in [0.15, 0.2) is 5.58 Å². The number of rotatable bonds is 7. The van der Waals surface area contributed by atoms with E-state index in [9.17, 15) is 5.11 Å². The standard InChI is InChI=1S/C52H50N3O3S.Pt/c1-28(2)34-15-13-16-35(29(3)4)43(34)38-19-18-36(47-48(38)58-50(55-47)45-40(56)20-21-42-44(45)37-14-11-12-17-41(37)57-42)30-22-31(24-32(23-30)52(8,9)10)46-49-39(53-27-54-46)25-33(59-49)26-51(5,6)7;/h11-21,23-25,27-29,56H,26H2,1-10H3;/q-1;. The maximum Gasteiger partial charge on any atom is 0.231 e. The average Bonchev–Trinajstić information content (AvgIpc) is 3.91. The fourth-order valence-electron chi connectivity index (χ4n) is 8.39. The minimum absolute atomic E-state index is 0. The van der Waals surface area contributed by atoms with Crippen LogP contribution in [0.4, 0.5) is 0 Å². The molecule has 0 atom stereocenters. The summed E-state index contributed by atoms with van der Waals surface area (Å²) in [6.45, 7) is 22.5. The molecule has 9 rings (SSSR count). The fraction of sp³-hybridized carbons (Fsp3) is 0.288. The number of phenolic OH excluding ortho intramolecular Hbond substituents is 1. The summed E-state index contributed by atoms with van der Waals surface area (Å²) in [6.07, 6.45) is 2.63. The van der Waals surface area contributed by atoms with Crippen molar-refractivity contribution in [3.8, 4) is 50.7 Å². The van der Waals surface area contributed by atoms with E-state index in [2.05, 4.69) is 124 Å². The Labute approximate surface area is 370 Å². The van der Waals surface area contributed by atoms with Crippen LogP contribution in [0.3, 0.4) is 0 Å². The van der Waals surface area contributed by atoms with Crippen LogP contribution < -0.4 is 0 Å². The third-order valence-corrected chi connectivity index (χ3v) is 12.4. The molecule has 8 heteroatoms. The topological polar surface area (TPSA) is 85.2 Å². The Morgan fingerprint density at radius 3 is 2.13 bits per heavy atom. The van der Waals surface area contributed by atoms with Gasteiger partial charge in [-0.3, -0.25) is 4.98 Å². The number of para-hydroxylation sites is 1. The quantitative estimate of drug-likeness (QED) is 0.160. The van der Waals surface area contributed by atoms with Crippen molar-refractivity contribution in [2.24, 2.45) is 5.41 Å². The maximum atomic E-state index is 11.7. The molecule has 0 amide bonds. The van der Waals surface area contributed by atoms with E-state index in [1.807, 2.05) is 24.3 Å². The molecule has 4 aromatic heterocycles. The Kier molecular flexibility index (Phi) is 10.7. The number of hydrogen-bond donors (Lipinski definition) is 1. The minimum atomic E-state index is -0.183. The van der Waals surface area contributed by atoms with Crippen molar-refractivity contribution < 1.29 is 35.0 Å². The van der Waals surface area contributed by atoms with Crippen molar-refractivity contribution in [1.29, 1.82) is 0 Å². The first-order chi connectivity index (χ1) is 28.1. The summed E-state index contributed by atoms with van der Waals surface area (Å²) in [5.41, 5.74) is 13.5. The van der Waals surface area contributed by atoms with E-state index >= 15 is 0 Å². The first-order valence-corrected chi connectivity index (χ1v) is 21.4. The Bertz CT molecular complexity index is 3060. The zero-order chi connectivity index (χ0) is 41.5. The molecule has 4 heterocycles. The van der Waals surface area contributed by atoms with Crippen LogP contribution in [0.25, 0.3) is 88.2 Å². The molecule has 60 heavy (non-hydrogen) atoms. The van der Waals surface area contributed by atoms with Gasteiger partial charge < -0.3 is 13.9 Å². The van der Waals surface area contributed by atoms with Crippen LogP contribution in [0.1, 0.15) is 103 Å². The van der Waals surface area contributed by atoms with Crippen molar-refractivity contribution >= 4 is 54.6 Å². The molecule has 0 saturated heterocycles. The zero-order valence-electron chi connectivity index (χ0n) is 35.9. The van der Waals surface area contributed by atoms with Gasteiger partial charge in [-0.2, -0.15) is 0 Å². The number of aromatic hydroxyl groups is 1. The van der Waals surface area contributed by atoms with Crippen LogP contribution in [0, 0.1) is 11.5 Å². The first kappa shape index (κ1) is 41.6. The molecule has 9 aromatic rings. The average molecular weight is 992 g/mol. The molecule has 0 bridgehead atoms. The second kappa shape index (κ2) is 15.4. The van der Waals surface area contributed by atoms with Gasteiger partial charge in [-0.05, 0) is 70.0 Å². The van der Waals surface area contributed by atoms with Gasteiger partial charge in [-0.1, -0.05) is 129 Å². The summed E-state index contributed by atoms with van der Waals surface area (Å²) in [6, 6.07) is 32.8. The first-order valence-electron chi connectivity index (χ1n) is 20.6. The van der Waals surface area contributed by atoms with Crippen LogP contribution in [-0.2, 0) is 32.9 Å². The molecule has 0 aliphatic rings. The Hall–Kier alpha value is -5.10. The van der Waals surface area contributed by atoms with Crippen molar-refractivity contribution in [2.75, 3.05) is 0 Å². The summed E-state index contributed by atoms with van der Waals surface area (Å²) in [7, 11) is 0. The molecule has 6 nitrogen and oxygen atoms in total. The van der Waals surface area contributed by atoms with Crippen LogP contribution in [0.5, 0.6) is 5.75 Å². The number of benzene rings is 5. The van der Waals surface area contributed by atoms with Crippen molar-refractivity contribution in [3.05, 3.63) is 119 Å². The predicted octanol–water partition coefficient (Wildman–Crippen LogP) is 15.0. The second-order valence-electron chi connectivity index (χ2n) is 18.7. The number of furan rings is 1. The van der Waals surface area contributed by atoms with Gasteiger partial charge in [0, 0.05) is 52.7 Å². The number of thiophene rings is 1. The third-order valence-electron chi connectivity index (χ3n) is 11.3. The van der Waals surface area contributed by atoms with E-state index in [0.29, 0.717) is 28.1 Å². The van der Waals surface area contributed by atoms with Gasteiger partial charge in [-0.15, -0.1) is 40.7 Å². The van der Waals surface area contributed by atoms with Gasteiger partial charge in [0.05, 0.1) is 16.6 Å². The molecule has 0 spiro atoms. The summed E-state index contributed by atoms with van der Waals surface area (Å²) in [5.74, 6) is 0.927. The molecule has 1 N–H and O–H groups in total. The summed E-state index contributed by atoms with van der Waals surface area (Å²) in [5, 5.41) is 13.3. The molecule has 0 fully saturated rings. The van der Waals surface area contributed by atoms with E-state index in [1.165, 1.54) is 16.0 Å². The number of aromatic nitrogens is 3. The van der Waals surface area contributed by atoms with Crippen LogP contribution in [-0.4, -0.2) is 20.1 Å². The van der Waals surface area contributed by atoms with Crippen LogP contribution in [0.2, 0.25) is 0 Å². The summed E-state index contributed by atoms with van der Waals surface area (Å²) >= 11 is 1.77. The number of nitrogens with zero attached hydrogens (tertiary/aromatic N) is 3. The molecule has 0 unspecified atom stereocenters. The van der Waals surface area contributed by atoms with Gasteiger partial charge in [0.25, 0.3) is 0 Å². The summed E-state index contributed by atoms with van der Waals surface area (Å²) in [4.78, 5) is 16.3. The largest absolute Gasteiger partial charge is 0.507 e. The number of hydrogen-bond acceptors (Lipinski definition) is 7. The van der Waals surface area contributed by atoms with E-state index in [1.54, 1.807) is 29.8 Å². The number of oxazole rings is 1. The molecule has 0 saturated carbocycles. The number of fused-ring (bicyclic) bond motifs is 5. The molecule has 0 radical (unpaired) electrons. The second-order valence-corrected chi connectivity index (χ2v) is 19.9. The SMILES string of the molecule is CC(C)c1cccc(C(C)C)c1-c1ccc(-c2[c-]c(-c3ncnc4cc(CC(C)(C)C)sc34)cc(C(C)(C)C)c2)c2nc(-c3c(O)ccc4oc5ccccc5c34)oc12.[Pt]. The zero-order valence-corrected chi connectivity index (χ0v) is 38.9. The molecular formula is C52H50N3O3PtS-. The Morgan fingerprint density at radius 1 is 0.733 bits per heavy atom. The Morgan fingerprint density at radius 2 is 1.43 bits per heavy atom. The Balaban J connectivity index is 0.00000499. The molecule has 5 aromatic carbocycles. The number of phenols is 1. The smallest absolute Gasteiger partial charge is 0.231 e. The van der Waals surface area contributed by atoms with E-state index < -0.39 is 0 Å². The van der Waals surface area contributed by atoms with Crippen molar-refractivity contribution in [3.63, 3.8) is 0 Å². The predicted molar refractivity (Wildman–Crippen MR) is 245 cm³/mol. The molecular weight excluding hydrogens is 942 g/mol.